The van der Waals surface area contributed by atoms with Gasteiger partial charge in [0.2, 0.25) is 11.8 Å². The van der Waals surface area contributed by atoms with Gasteiger partial charge in [-0.25, -0.2) is 4.79 Å². The summed E-state index contributed by atoms with van der Waals surface area (Å²) in [6.45, 7) is 7.18. The van der Waals surface area contributed by atoms with Crippen molar-refractivity contribution < 1.29 is 48.4 Å². The smallest absolute Gasteiger partial charge is 0.328 e. The summed E-state index contributed by atoms with van der Waals surface area (Å²) in [6, 6.07) is 15.6. The second kappa shape index (κ2) is 21.8. The number of esters is 2. The summed E-state index contributed by atoms with van der Waals surface area (Å²) in [5, 5.41) is 22.6. The molecule has 14 heteroatoms. The Morgan fingerprint density at radius 3 is 1.52 bits per heavy atom. The van der Waals surface area contributed by atoms with Gasteiger partial charge in [0.1, 0.15) is 41.4 Å². The summed E-state index contributed by atoms with van der Waals surface area (Å²) < 4.78 is 16.3. The van der Waals surface area contributed by atoms with Gasteiger partial charge < -0.3 is 39.5 Å². The van der Waals surface area contributed by atoms with Gasteiger partial charge in [-0.1, -0.05) is 64.1 Å². The van der Waals surface area contributed by atoms with Gasteiger partial charge in [0.25, 0.3) is 5.91 Å². The fraction of sp³-hybridized carbons (Fsp3) is 0.477. The van der Waals surface area contributed by atoms with Crippen LogP contribution in [0.15, 0.2) is 72.8 Å². The lowest BCUT2D eigenvalue weighted by Gasteiger charge is -2.36. The van der Waals surface area contributed by atoms with Crippen molar-refractivity contribution in [1.29, 1.82) is 0 Å². The van der Waals surface area contributed by atoms with Gasteiger partial charge in [-0.3, -0.25) is 24.1 Å². The molecule has 3 rings (SSSR count). The number of carbonyl (C=O) groups is 5. The van der Waals surface area contributed by atoms with Crippen LogP contribution < -0.4 is 10.1 Å². The molecule has 0 saturated heterocycles. The van der Waals surface area contributed by atoms with E-state index in [2.05, 4.69) is 5.32 Å². The summed E-state index contributed by atoms with van der Waals surface area (Å²) >= 11 is 0. The largest absolute Gasteiger partial charge is 0.508 e. The first kappa shape index (κ1) is 46.8. The van der Waals surface area contributed by atoms with Crippen LogP contribution in [0.25, 0.3) is 0 Å². The molecule has 0 aliphatic carbocycles. The third-order valence-electron chi connectivity index (χ3n) is 10.5. The number of rotatable bonds is 20. The van der Waals surface area contributed by atoms with Gasteiger partial charge in [-0.05, 0) is 85.9 Å². The molecule has 0 aliphatic heterocycles. The van der Waals surface area contributed by atoms with Gasteiger partial charge in [0, 0.05) is 32.9 Å². The van der Waals surface area contributed by atoms with Crippen molar-refractivity contribution in [1.82, 2.24) is 20.0 Å². The zero-order valence-electron chi connectivity index (χ0n) is 35.3. The number of nitrogens with zero attached hydrogens (tertiary/aromatic N) is 3. The number of likely N-dealkylation sites (N-methyl/N-ethyl adjacent to an activating group) is 3. The van der Waals surface area contributed by atoms with Crippen molar-refractivity contribution in [2.45, 2.75) is 83.6 Å². The lowest BCUT2D eigenvalue weighted by Crippen LogP contribution is -2.59. The Kier molecular flexibility index (Phi) is 17.5. The molecule has 0 spiro atoms. The molecule has 0 saturated carbocycles. The average Bonchev–Trinajstić information content (AvgIpc) is 3.21. The number of amides is 3. The van der Waals surface area contributed by atoms with E-state index in [-0.39, 0.29) is 24.3 Å². The van der Waals surface area contributed by atoms with Crippen LogP contribution in [-0.2, 0) is 52.7 Å². The molecule has 0 fully saturated rings. The molecule has 3 N–H and O–H groups in total. The Morgan fingerprint density at radius 1 is 0.638 bits per heavy atom. The molecule has 0 bridgehead atoms. The highest BCUT2D eigenvalue weighted by atomic mass is 16.6. The molecular formula is C44H60N4O10. The molecule has 58 heavy (non-hydrogen) atoms. The van der Waals surface area contributed by atoms with Gasteiger partial charge >= 0.3 is 11.9 Å². The Balaban J connectivity index is 1.92. The predicted octanol–water partition coefficient (Wildman–Crippen LogP) is 3.99. The first-order valence-corrected chi connectivity index (χ1v) is 19.4. The molecule has 3 aromatic rings. The molecule has 6 atom stereocenters. The number of phenols is 2. The van der Waals surface area contributed by atoms with Crippen LogP contribution in [0.5, 0.6) is 17.2 Å². The van der Waals surface area contributed by atoms with Crippen molar-refractivity contribution in [3.63, 3.8) is 0 Å². The van der Waals surface area contributed by atoms with Gasteiger partial charge in [-0.15, -0.1) is 0 Å². The SMILES string of the molecule is CCC(C)C(OC(=O)C(Cc1ccc(OC)cc1)N(C)C)C(=O)NC(C(=O)N(C)C(Cc1ccc(O)cc1)C(=O)N(C)C(Cc1ccc(O)cc1)C(=O)OC)C(C)C. The number of hydrogen-bond acceptors (Lipinski definition) is 11. The number of nitrogens with one attached hydrogen (secondary N) is 1. The normalized spacial score (nSPS) is 14.3. The summed E-state index contributed by atoms with van der Waals surface area (Å²) in [5.74, 6) is -3.22. The molecule has 3 amide bonds. The molecule has 316 valence electrons. The van der Waals surface area contributed by atoms with Crippen molar-refractivity contribution in [3.05, 3.63) is 89.5 Å². The fourth-order valence-electron chi connectivity index (χ4n) is 6.43. The highest BCUT2D eigenvalue weighted by molar-refractivity contribution is 5.95. The zero-order valence-corrected chi connectivity index (χ0v) is 35.3. The van der Waals surface area contributed by atoms with E-state index in [9.17, 15) is 34.2 Å². The Morgan fingerprint density at radius 2 is 1.09 bits per heavy atom. The van der Waals surface area contributed by atoms with E-state index >= 15 is 0 Å². The first-order chi connectivity index (χ1) is 27.4. The van der Waals surface area contributed by atoms with Crippen LogP contribution in [0.3, 0.4) is 0 Å². The van der Waals surface area contributed by atoms with E-state index in [1.807, 2.05) is 19.1 Å². The molecule has 0 heterocycles. The van der Waals surface area contributed by atoms with Gasteiger partial charge in [-0.2, -0.15) is 0 Å². The Hall–Kier alpha value is -5.63. The standard InChI is InChI=1S/C44H60N4O10/c1-11-28(4)39(58-44(55)36(46(5)6)25-31-16-22-34(56-9)23-17-31)40(51)45-38(27(2)3)42(53)47(7)35(24-29-12-18-32(49)19-13-29)41(52)48(8)37(43(54)57-10)26-30-14-20-33(50)21-15-30/h12-23,27-28,35-39,49-50H,11,24-26H2,1-10H3,(H,45,51). The molecule has 0 aromatic heterocycles. The quantitative estimate of drug-likeness (QED) is 0.141. The lowest BCUT2D eigenvalue weighted by atomic mass is 9.96. The average molecular weight is 805 g/mol. The minimum absolute atomic E-state index is 0.00475. The van der Waals surface area contributed by atoms with Crippen molar-refractivity contribution in [3.8, 4) is 17.2 Å². The summed E-state index contributed by atoms with van der Waals surface area (Å²) in [7, 11) is 9.21. The minimum atomic E-state index is -1.23. The first-order valence-electron chi connectivity index (χ1n) is 19.4. The van der Waals surface area contributed by atoms with E-state index in [1.165, 1.54) is 55.3 Å². The molecule has 14 nitrogen and oxygen atoms in total. The van der Waals surface area contributed by atoms with Crippen LogP contribution in [-0.4, -0.2) is 127 Å². The van der Waals surface area contributed by atoms with Crippen LogP contribution in [0.2, 0.25) is 0 Å². The molecule has 3 aromatic carbocycles. The van der Waals surface area contributed by atoms with Gasteiger partial charge in [0.15, 0.2) is 6.10 Å². The number of carbonyl (C=O) groups excluding carboxylic acids is 5. The predicted molar refractivity (Wildman–Crippen MR) is 219 cm³/mol. The van der Waals surface area contributed by atoms with Crippen LogP contribution in [0, 0.1) is 11.8 Å². The highest BCUT2D eigenvalue weighted by Crippen LogP contribution is 2.22. The van der Waals surface area contributed by atoms with E-state index in [0.29, 0.717) is 29.7 Å². The maximum atomic E-state index is 14.5. The maximum absolute atomic E-state index is 14.5. The lowest BCUT2D eigenvalue weighted by molar-refractivity contribution is -0.164. The molecule has 0 aliphatic rings. The molecule has 6 unspecified atom stereocenters. The minimum Gasteiger partial charge on any atom is -0.508 e. The van der Waals surface area contributed by atoms with Gasteiger partial charge in [0.05, 0.1) is 14.2 Å². The van der Waals surface area contributed by atoms with E-state index in [1.54, 1.807) is 83.3 Å². The third kappa shape index (κ3) is 12.7. The second-order valence-corrected chi connectivity index (χ2v) is 15.2. The van der Waals surface area contributed by atoms with E-state index in [0.717, 1.165) is 5.56 Å². The number of aromatic hydroxyl groups is 2. The molecule has 0 radical (unpaired) electrons. The second-order valence-electron chi connectivity index (χ2n) is 15.2. The number of ether oxygens (including phenoxy) is 3. The molecular weight excluding hydrogens is 745 g/mol. The van der Waals surface area contributed by atoms with Crippen LogP contribution in [0.4, 0.5) is 0 Å². The maximum Gasteiger partial charge on any atom is 0.328 e. The number of methoxy groups -OCH3 is 2. The Bertz CT molecular complexity index is 1820. The summed E-state index contributed by atoms with van der Waals surface area (Å²) in [4.78, 5) is 74.2. The van der Waals surface area contributed by atoms with E-state index in [4.69, 9.17) is 14.2 Å². The number of hydrogen-bond donors (Lipinski definition) is 3. The fourth-order valence-corrected chi connectivity index (χ4v) is 6.43. The summed E-state index contributed by atoms with van der Waals surface area (Å²) in [6.07, 6.45) is -0.341. The van der Waals surface area contributed by atoms with Crippen LogP contribution in [0.1, 0.15) is 50.8 Å². The summed E-state index contributed by atoms with van der Waals surface area (Å²) in [5.41, 5.74) is 2.15. The zero-order chi connectivity index (χ0) is 43.3. The number of phenolic OH excluding ortho intramolecular Hbond substituents is 2. The van der Waals surface area contributed by atoms with Crippen molar-refractivity contribution in [2.24, 2.45) is 11.8 Å². The number of benzene rings is 3. The van der Waals surface area contributed by atoms with Crippen molar-refractivity contribution >= 4 is 29.7 Å². The monoisotopic (exact) mass is 804 g/mol. The topological polar surface area (TPSA) is 175 Å². The van der Waals surface area contributed by atoms with Crippen LogP contribution >= 0.6 is 0 Å². The van der Waals surface area contributed by atoms with E-state index < -0.39 is 71.8 Å². The highest BCUT2D eigenvalue weighted by Gasteiger charge is 2.40. The third-order valence-corrected chi connectivity index (χ3v) is 10.5. The van der Waals surface area contributed by atoms with Crippen molar-refractivity contribution in [2.75, 3.05) is 42.4 Å². The Labute approximate surface area is 342 Å².